The Hall–Kier alpha value is -1.23. The van der Waals surface area contributed by atoms with E-state index in [0.29, 0.717) is 16.5 Å². The molecule has 2 aliphatic carbocycles. The van der Waals surface area contributed by atoms with E-state index in [-0.39, 0.29) is 5.91 Å². The molecule has 110 valence electrons. The molecule has 5 heteroatoms. The van der Waals surface area contributed by atoms with Crippen LogP contribution in [0.2, 0.25) is 0 Å². The van der Waals surface area contributed by atoms with Crippen LogP contribution >= 0.6 is 11.3 Å². The fraction of sp³-hybridized carbons (Fsp3) is 0.667. The Kier molecular flexibility index (Phi) is 3.87. The van der Waals surface area contributed by atoms with E-state index < -0.39 is 0 Å². The van der Waals surface area contributed by atoms with Gasteiger partial charge in [0.1, 0.15) is 4.88 Å². The Morgan fingerprint density at radius 2 is 2.00 bits per heavy atom. The van der Waals surface area contributed by atoms with Gasteiger partial charge in [0, 0.05) is 19.2 Å². The van der Waals surface area contributed by atoms with Crippen LogP contribution in [-0.2, 0) is 0 Å². The number of nitrogens with two attached hydrogens (primary N) is 1. The van der Waals surface area contributed by atoms with Crippen LogP contribution < -0.4 is 16.4 Å². The van der Waals surface area contributed by atoms with Crippen molar-refractivity contribution in [3.63, 3.8) is 0 Å². The summed E-state index contributed by atoms with van der Waals surface area (Å²) in [5.74, 6) is 1.29. The molecule has 2 fully saturated rings. The van der Waals surface area contributed by atoms with E-state index in [1.807, 2.05) is 0 Å². The first-order valence-corrected chi connectivity index (χ1v) is 8.40. The third-order valence-corrected chi connectivity index (χ3v) is 5.61. The molecule has 1 aromatic rings. The summed E-state index contributed by atoms with van der Waals surface area (Å²) in [6.07, 6.45) is 7.78. The van der Waals surface area contributed by atoms with Gasteiger partial charge in [0.15, 0.2) is 0 Å². The van der Waals surface area contributed by atoms with Gasteiger partial charge in [-0.15, -0.1) is 11.3 Å². The second-order valence-electron chi connectivity index (χ2n) is 5.97. The highest BCUT2D eigenvalue weighted by Crippen LogP contribution is 2.50. The van der Waals surface area contributed by atoms with Crippen molar-refractivity contribution in [1.82, 2.24) is 5.32 Å². The summed E-state index contributed by atoms with van der Waals surface area (Å²) in [4.78, 5) is 12.6. The van der Waals surface area contributed by atoms with Crippen molar-refractivity contribution in [3.8, 4) is 0 Å². The smallest absolute Gasteiger partial charge is 0.263 e. The predicted molar refractivity (Wildman–Crippen MR) is 84.5 cm³/mol. The highest BCUT2D eigenvalue weighted by atomic mass is 32.1. The number of hydrogen-bond acceptors (Lipinski definition) is 4. The van der Waals surface area contributed by atoms with Crippen LogP contribution in [0.3, 0.4) is 0 Å². The molecule has 4 nitrogen and oxygen atoms in total. The summed E-state index contributed by atoms with van der Waals surface area (Å²) in [6, 6.07) is 0. The first-order chi connectivity index (χ1) is 9.70. The third kappa shape index (κ3) is 2.64. The molecule has 1 aromatic heterocycles. The fourth-order valence-electron chi connectivity index (χ4n) is 3.10. The Balaban J connectivity index is 1.79. The van der Waals surface area contributed by atoms with Crippen LogP contribution in [-0.4, -0.2) is 19.5 Å². The molecule has 4 N–H and O–H groups in total. The van der Waals surface area contributed by atoms with E-state index >= 15 is 0 Å². The van der Waals surface area contributed by atoms with E-state index in [9.17, 15) is 4.79 Å². The van der Waals surface area contributed by atoms with Gasteiger partial charge in [0.25, 0.3) is 5.91 Å². The molecule has 3 rings (SSSR count). The zero-order chi connectivity index (χ0) is 14.1. The largest absolute Gasteiger partial charge is 0.397 e. The molecule has 2 saturated carbocycles. The summed E-state index contributed by atoms with van der Waals surface area (Å²) in [7, 11) is 1.66. The van der Waals surface area contributed by atoms with Crippen molar-refractivity contribution in [1.29, 1.82) is 0 Å². The number of anilines is 2. The molecule has 2 aliphatic rings. The number of rotatable bonds is 5. The van der Waals surface area contributed by atoms with Gasteiger partial charge in [0.2, 0.25) is 0 Å². The number of hydrogen-bond donors (Lipinski definition) is 3. The molecular weight excluding hydrogens is 270 g/mol. The molecule has 0 saturated heterocycles. The number of carbonyl (C=O) groups is 1. The average Bonchev–Trinajstić information content (AvgIpc) is 3.03. The second kappa shape index (κ2) is 5.64. The van der Waals surface area contributed by atoms with Crippen molar-refractivity contribution >= 4 is 27.9 Å². The van der Waals surface area contributed by atoms with E-state index in [1.54, 1.807) is 7.05 Å². The van der Waals surface area contributed by atoms with Crippen LogP contribution in [0.4, 0.5) is 10.7 Å². The first kappa shape index (κ1) is 13.7. The van der Waals surface area contributed by atoms with Crippen LogP contribution in [0.5, 0.6) is 0 Å². The molecule has 0 atom stereocenters. The summed E-state index contributed by atoms with van der Waals surface area (Å²) in [5.41, 5.74) is 8.12. The van der Waals surface area contributed by atoms with Gasteiger partial charge >= 0.3 is 0 Å². The Labute approximate surface area is 124 Å². The fourth-order valence-corrected chi connectivity index (χ4v) is 4.26. The zero-order valence-corrected chi connectivity index (χ0v) is 12.8. The van der Waals surface area contributed by atoms with E-state index in [4.69, 9.17) is 5.73 Å². The van der Waals surface area contributed by atoms with Crippen LogP contribution in [0.15, 0.2) is 0 Å². The lowest BCUT2D eigenvalue weighted by molar-refractivity contribution is 0.0968. The maximum atomic E-state index is 11.9. The Morgan fingerprint density at radius 3 is 2.60 bits per heavy atom. The first-order valence-electron chi connectivity index (χ1n) is 7.58. The maximum Gasteiger partial charge on any atom is 0.263 e. The second-order valence-corrected chi connectivity index (χ2v) is 6.99. The minimum atomic E-state index is -0.0664. The van der Waals surface area contributed by atoms with Gasteiger partial charge in [-0.25, -0.2) is 0 Å². The summed E-state index contributed by atoms with van der Waals surface area (Å²) in [6.45, 7) is 1.02. The van der Waals surface area contributed by atoms with Crippen LogP contribution in [0, 0.1) is 5.92 Å². The van der Waals surface area contributed by atoms with Gasteiger partial charge in [0.05, 0.1) is 10.7 Å². The minimum Gasteiger partial charge on any atom is -0.397 e. The van der Waals surface area contributed by atoms with Gasteiger partial charge < -0.3 is 16.4 Å². The van der Waals surface area contributed by atoms with E-state index in [1.165, 1.54) is 55.4 Å². The molecule has 1 heterocycles. The molecule has 0 bridgehead atoms. The monoisotopic (exact) mass is 293 g/mol. The standard InChI is InChI=1S/C15H23N3OS/c1-17-14(19)13-12(16)11(10-6-7-10)15(20-13)18-8-9-4-2-3-5-9/h9-10,18H,2-8,16H2,1H3,(H,17,19). The topological polar surface area (TPSA) is 67.2 Å². The average molecular weight is 293 g/mol. The van der Waals surface area contributed by atoms with Crippen molar-refractivity contribution in [2.75, 3.05) is 24.6 Å². The van der Waals surface area contributed by atoms with Gasteiger partial charge in [-0.2, -0.15) is 0 Å². The molecule has 0 unspecified atom stereocenters. The van der Waals surface area contributed by atoms with Crippen molar-refractivity contribution in [3.05, 3.63) is 10.4 Å². The van der Waals surface area contributed by atoms with Crippen molar-refractivity contribution in [2.45, 2.75) is 44.4 Å². The SMILES string of the molecule is CNC(=O)c1sc(NCC2CCCC2)c(C2CC2)c1N. The number of nitrogen functional groups attached to an aromatic ring is 1. The normalized spacial score (nSPS) is 19.2. The predicted octanol–water partition coefficient (Wildman–Crippen LogP) is 3.17. The van der Waals surface area contributed by atoms with E-state index in [2.05, 4.69) is 10.6 Å². The lowest BCUT2D eigenvalue weighted by Gasteiger charge is -2.12. The number of nitrogens with one attached hydrogen (secondary N) is 2. The lowest BCUT2D eigenvalue weighted by Crippen LogP contribution is -2.17. The van der Waals surface area contributed by atoms with Crippen LogP contribution in [0.1, 0.15) is 59.7 Å². The van der Waals surface area contributed by atoms with Gasteiger partial charge in [-0.05, 0) is 37.5 Å². The van der Waals surface area contributed by atoms with E-state index in [0.717, 1.165) is 17.5 Å². The zero-order valence-electron chi connectivity index (χ0n) is 12.0. The molecule has 0 aliphatic heterocycles. The number of thiophene rings is 1. The Bertz CT molecular complexity index is 501. The molecule has 0 aromatic carbocycles. The highest BCUT2D eigenvalue weighted by molar-refractivity contribution is 7.18. The molecular formula is C15H23N3OS. The lowest BCUT2D eigenvalue weighted by atomic mass is 10.1. The summed E-state index contributed by atoms with van der Waals surface area (Å²) in [5, 5.41) is 7.39. The number of amides is 1. The Morgan fingerprint density at radius 1 is 1.30 bits per heavy atom. The molecule has 20 heavy (non-hydrogen) atoms. The molecule has 0 radical (unpaired) electrons. The van der Waals surface area contributed by atoms with Gasteiger partial charge in [-0.3, -0.25) is 4.79 Å². The minimum absolute atomic E-state index is 0.0664. The summed E-state index contributed by atoms with van der Waals surface area (Å²) < 4.78 is 0. The van der Waals surface area contributed by atoms with Gasteiger partial charge in [-0.1, -0.05) is 12.8 Å². The third-order valence-electron chi connectivity index (χ3n) is 4.43. The van der Waals surface area contributed by atoms with Crippen molar-refractivity contribution in [2.24, 2.45) is 5.92 Å². The molecule has 1 amide bonds. The van der Waals surface area contributed by atoms with Crippen molar-refractivity contribution < 1.29 is 4.79 Å². The maximum absolute atomic E-state index is 11.9. The molecule has 0 spiro atoms. The quantitative estimate of drug-likeness (QED) is 0.781. The summed E-state index contributed by atoms with van der Waals surface area (Å²) >= 11 is 1.52. The highest BCUT2D eigenvalue weighted by Gasteiger charge is 2.33. The number of carbonyl (C=O) groups excluding carboxylic acids is 1. The van der Waals surface area contributed by atoms with Crippen LogP contribution in [0.25, 0.3) is 0 Å².